The van der Waals surface area contributed by atoms with Crippen LogP contribution in [0.5, 0.6) is 0 Å². The molecule has 0 radical (unpaired) electrons. The van der Waals surface area contributed by atoms with Crippen LogP contribution in [0, 0.1) is 6.92 Å². The summed E-state index contributed by atoms with van der Waals surface area (Å²) in [6.07, 6.45) is -0.465. The Morgan fingerprint density at radius 3 is 2.39 bits per heavy atom. The highest BCUT2D eigenvalue weighted by molar-refractivity contribution is 7.86. The third kappa shape index (κ3) is 4.24. The number of aliphatic hydroxyl groups is 1. The second kappa shape index (κ2) is 6.52. The predicted molar refractivity (Wildman–Crippen MR) is 70.3 cm³/mol. The highest BCUT2D eigenvalue weighted by atomic mass is 35.5. The molecule has 0 heterocycles. The Labute approximate surface area is 113 Å². The molecule has 1 N–H and O–H groups in total. The quantitative estimate of drug-likeness (QED) is 0.644. The number of hydrogen-bond donors (Lipinski definition) is 1. The zero-order valence-electron chi connectivity index (χ0n) is 10.3. The van der Waals surface area contributed by atoms with Gasteiger partial charge in [-0.2, -0.15) is 8.42 Å². The Morgan fingerprint density at radius 1 is 1.33 bits per heavy atom. The number of aryl methyl sites for hydroxylation is 1. The molecule has 6 heteroatoms. The molecule has 18 heavy (non-hydrogen) atoms. The van der Waals surface area contributed by atoms with Crippen LogP contribution in [0.3, 0.4) is 0 Å². The van der Waals surface area contributed by atoms with Gasteiger partial charge < -0.3 is 5.11 Å². The average Bonchev–Trinajstić information content (AvgIpc) is 2.35. The number of benzene rings is 1. The lowest BCUT2D eigenvalue weighted by molar-refractivity contribution is 0.105. The van der Waals surface area contributed by atoms with Gasteiger partial charge in [0.15, 0.2) is 0 Å². The Kier molecular flexibility index (Phi) is 5.59. The predicted octanol–water partition coefficient (Wildman–Crippen LogP) is 2.08. The average molecular weight is 293 g/mol. The van der Waals surface area contributed by atoms with Gasteiger partial charge in [0.2, 0.25) is 0 Å². The van der Waals surface area contributed by atoms with Crippen molar-refractivity contribution in [1.29, 1.82) is 0 Å². The van der Waals surface area contributed by atoms with E-state index in [-0.39, 0.29) is 11.5 Å². The highest BCUT2D eigenvalue weighted by Crippen LogP contribution is 2.15. The monoisotopic (exact) mass is 292 g/mol. The van der Waals surface area contributed by atoms with Crippen molar-refractivity contribution >= 4 is 21.7 Å². The lowest BCUT2D eigenvalue weighted by atomic mass is 10.2. The van der Waals surface area contributed by atoms with E-state index in [1.807, 2.05) is 6.92 Å². The second-order valence-corrected chi connectivity index (χ2v) is 6.22. The van der Waals surface area contributed by atoms with Crippen LogP contribution < -0.4 is 0 Å². The molecular formula is C12H17ClO4S. The van der Waals surface area contributed by atoms with Crippen molar-refractivity contribution < 1.29 is 17.7 Å². The summed E-state index contributed by atoms with van der Waals surface area (Å²) in [7, 11) is -3.83. The molecular weight excluding hydrogens is 276 g/mol. The van der Waals surface area contributed by atoms with E-state index in [4.69, 9.17) is 15.8 Å². The molecule has 0 unspecified atom stereocenters. The van der Waals surface area contributed by atoms with E-state index >= 15 is 0 Å². The summed E-state index contributed by atoms with van der Waals surface area (Å²) in [5, 5.41) is 9.04. The third-order valence-electron chi connectivity index (χ3n) is 2.51. The molecule has 0 saturated heterocycles. The van der Waals surface area contributed by atoms with Crippen molar-refractivity contribution in [2.75, 3.05) is 6.61 Å². The minimum absolute atomic E-state index is 0.0721. The van der Waals surface area contributed by atoms with Crippen molar-refractivity contribution in [3.05, 3.63) is 29.8 Å². The van der Waals surface area contributed by atoms with Crippen molar-refractivity contribution in [3.63, 3.8) is 0 Å². The van der Waals surface area contributed by atoms with Crippen LogP contribution in [0.1, 0.15) is 18.9 Å². The molecule has 2 atom stereocenters. The summed E-state index contributed by atoms with van der Waals surface area (Å²) < 4.78 is 28.3. The molecule has 0 saturated carbocycles. The Bertz CT molecular complexity index is 469. The van der Waals surface area contributed by atoms with Gasteiger partial charge in [-0.1, -0.05) is 24.6 Å². The van der Waals surface area contributed by atoms with Crippen molar-refractivity contribution in [2.24, 2.45) is 0 Å². The smallest absolute Gasteiger partial charge is 0.297 e. The van der Waals surface area contributed by atoms with Crippen LogP contribution in [0.4, 0.5) is 0 Å². The van der Waals surface area contributed by atoms with E-state index < -0.39 is 21.6 Å². The lowest BCUT2D eigenvalue weighted by Crippen LogP contribution is -2.27. The second-order valence-electron chi connectivity index (χ2n) is 4.04. The zero-order valence-corrected chi connectivity index (χ0v) is 11.9. The molecule has 0 aliphatic rings. The first-order valence-corrected chi connectivity index (χ1v) is 7.49. The Hall–Kier alpha value is -0.620. The normalized spacial score (nSPS) is 15.3. The first kappa shape index (κ1) is 15.4. The maximum absolute atomic E-state index is 11.8. The van der Waals surface area contributed by atoms with Gasteiger partial charge in [-0.05, 0) is 25.5 Å². The highest BCUT2D eigenvalue weighted by Gasteiger charge is 2.20. The van der Waals surface area contributed by atoms with E-state index in [1.165, 1.54) is 12.1 Å². The molecule has 0 spiro atoms. The van der Waals surface area contributed by atoms with Gasteiger partial charge >= 0.3 is 0 Å². The van der Waals surface area contributed by atoms with E-state index in [0.29, 0.717) is 6.42 Å². The minimum Gasteiger partial charge on any atom is -0.389 e. The van der Waals surface area contributed by atoms with Gasteiger partial charge in [0.05, 0.1) is 23.0 Å². The summed E-state index contributed by atoms with van der Waals surface area (Å²) >= 11 is 5.79. The maximum atomic E-state index is 11.8. The zero-order chi connectivity index (χ0) is 13.8. The molecule has 0 amide bonds. The Balaban J connectivity index is 2.68. The summed E-state index contributed by atoms with van der Waals surface area (Å²) in [6, 6.07) is 6.30. The topological polar surface area (TPSA) is 63.6 Å². The summed E-state index contributed by atoms with van der Waals surface area (Å²) in [6.45, 7) is 3.33. The van der Waals surface area contributed by atoms with Crippen LogP contribution in [-0.2, 0) is 14.3 Å². The van der Waals surface area contributed by atoms with Crippen LogP contribution in [-0.4, -0.2) is 31.6 Å². The van der Waals surface area contributed by atoms with Gasteiger partial charge in [-0.25, -0.2) is 0 Å². The third-order valence-corrected chi connectivity index (χ3v) is 4.41. The summed E-state index contributed by atoms with van der Waals surface area (Å²) in [5.74, 6) is 0. The number of halogens is 1. The molecule has 4 nitrogen and oxygen atoms in total. The molecule has 1 aromatic rings. The van der Waals surface area contributed by atoms with E-state index in [0.717, 1.165) is 5.56 Å². The molecule has 0 aliphatic carbocycles. The van der Waals surface area contributed by atoms with Gasteiger partial charge in [0.1, 0.15) is 0 Å². The van der Waals surface area contributed by atoms with Crippen LogP contribution in [0.15, 0.2) is 29.2 Å². The standard InChI is InChI=1S/C12H17ClO4S/c1-3-11(13)12(14)8-17-18(15,16)10-6-4-9(2)5-7-10/h4-7,11-12,14H,3,8H2,1-2H3/t11-,12+/m1/s1. The SMILES string of the molecule is CC[C@@H](Cl)[C@@H](O)COS(=O)(=O)c1ccc(C)cc1. The first-order chi connectivity index (χ1) is 8.36. The van der Waals surface area contributed by atoms with E-state index in [1.54, 1.807) is 19.1 Å². The van der Waals surface area contributed by atoms with Crippen LogP contribution >= 0.6 is 11.6 Å². The van der Waals surface area contributed by atoms with E-state index in [9.17, 15) is 13.5 Å². The van der Waals surface area contributed by atoms with Crippen molar-refractivity contribution in [2.45, 2.75) is 36.6 Å². The number of rotatable bonds is 6. The lowest BCUT2D eigenvalue weighted by Gasteiger charge is -2.15. The number of hydrogen-bond acceptors (Lipinski definition) is 4. The van der Waals surface area contributed by atoms with Gasteiger partial charge in [-0.15, -0.1) is 11.6 Å². The molecule has 0 fully saturated rings. The fourth-order valence-electron chi connectivity index (χ4n) is 1.31. The molecule has 1 aromatic carbocycles. The van der Waals surface area contributed by atoms with Gasteiger partial charge in [0.25, 0.3) is 10.1 Å². The van der Waals surface area contributed by atoms with Crippen molar-refractivity contribution in [1.82, 2.24) is 0 Å². The number of aliphatic hydroxyl groups excluding tert-OH is 1. The largest absolute Gasteiger partial charge is 0.389 e. The summed E-state index contributed by atoms with van der Waals surface area (Å²) in [4.78, 5) is 0.0721. The van der Waals surface area contributed by atoms with Gasteiger partial charge in [-0.3, -0.25) is 4.18 Å². The van der Waals surface area contributed by atoms with Crippen LogP contribution in [0.2, 0.25) is 0 Å². The maximum Gasteiger partial charge on any atom is 0.297 e. The summed E-state index contributed by atoms with van der Waals surface area (Å²) in [5.41, 5.74) is 0.959. The molecule has 102 valence electrons. The molecule has 0 aliphatic heterocycles. The molecule has 0 bridgehead atoms. The molecule has 1 rings (SSSR count). The van der Waals surface area contributed by atoms with E-state index in [2.05, 4.69) is 0 Å². The van der Waals surface area contributed by atoms with Gasteiger partial charge in [0, 0.05) is 0 Å². The fourth-order valence-corrected chi connectivity index (χ4v) is 2.31. The first-order valence-electron chi connectivity index (χ1n) is 5.65. The van der Waals surface area contributed by atoms with Crippen LogP contribution in [0.25, 0.3) is 0 Å². The fraction of sp³-hybridized carbons (Fsp3) is 0.500. The minimum atomic E-state index is -3.83. The molecule has 0 aromatic heterocycles. The number of alkyl halides is 1. The van der Waals surface area contributed by atoms with Crippen molar-refractivity contribution in [3.8, 4) is 0 Å². The Morgan fingerprint density at radius 2 is 1.89 bits per heavy atom.